The Balaban J connectivity index is 1.63. The zero-order valence-electron chi connectivity index (χ0n) is 11.8. The molecule has 2 heterocycles. The Morgan fingerprint density at radius 1 is 1.20 bits per heavy atom. The van der Waals surface area contributed by atoms with Crippen molar-refractivity contribution in [2.45, 2.75) is 39.3 Å². The van der Waals surface area contributed by atoms with Crippen LogP contribution in [0.15, 0.2) is 24.3 Å². The molecule has 0 bridgehead atoms. The standard InChI is InChI=1S/C15H20N4O/c1-2-20-13-8-6-12(7-9-13)16-11-15-18-17-14-5-3-4-10-19(14)15/h6-9,16H,2-5,10-11H2,1H3. The zero-order valence-corrected chi connectivity index (χ0v) is 11.8. The first-order valence-corrected chi connectivity index (χ1v) is 7.24. The summed E-state index contributed by atoms with van der Waals surface area (Å²) < 4.78 is 7.67. The Bertz CT molecular complexity index is 562. The Labute approximate surface area is 119 Å². The molecule has 0 fully saturated rings. The van der Waals surface area contributed by atoms with Gasteiger partial charge in [-0.1, -0.05) is 0 Å². The van der Waals surface area contributed by atoms with Gasteiger partial charge in [0.25, 0.3) is 0 Å². The van der Waals surface area contributed by atoms with Crippen molar-refractivity contribution in [2.75, 3.05) is 11.9 Å². The number of fused-ring (bicyclic) bond motifs is 1. The van der Waals surface area contributed by atoms with Crippen LogP contribution in [0.5, 0.6) is 5.75 Å². The van der Waals surface area contributed by atoms with E-state index in [1.165, 1.54) is 12.8 Å². The van der Waals surface area contributed by atoms with E-state index < -0.39 is 0 Å². The van der Waals surface area contributed by atoms with Crippen molar-refractivity contribution in [1.82, 2.24) is 14.8 Å². The van der Waals surface area contributed by atoms with Gasteiger partial charge in [-0.05, 0) is 44.0 Å². The topological polar surface area (TPSA) is 52.0 Å². The van der Waals surface area contributed by atoms with Gasteiger partial charge in [-0.15, -0.1) is 10.2 Å². The van der Waals surface area contributed by atoms with Crippen molar-refractivity contribution in [1.29, 1.82) is 0 Å². The first-order chi connectivity index (χ1) is 9.86. The van der Waals surface area contributed by atoms with Gasteiger partial charge < -0.3 is 14.6 Å². The van der Waals surface area contributed by atoms with E-state index in [4.69, 9.17) is 4.74 Å². The van der Waals surface area contributed by atoms with Gasteiger partial charge in [0.2, 0.25) is 0 Å². The molecule has 1 N–H and O–H groups in total. The van der Waals surface area contributed by atoms with E-state index in [0.717, 1.165) is 36.1 Å². The molecular formula is C15H20N4O. The molecule has 0 saturated heterocycles. The Hall–Kier alpha value is -2.04. The van der Waals surface area contributed by atoms with Crippen LogP contribution in [0, 0.1) is 0 Å². The van der Waals surface area contributed by atoms with Gasteiger partial charge in [0, 0.05) is 18.7 Å². The van der Waals surface area contributed by atoms with Crippen molar-refractivity contribution in [3.63, 3.8) is 0 Å². The summed E-state index contributed by atoms with van der Waals surface area (Å²) in [5.74, 6) is 3.05. The fraction of sp³-hybridized carbons (Fsp3) is 0.467. The van der Waals surface area contributed by atoms with E-state index in [9.17, 15) is 0 Å². The zero-order chi connectivity index (χ0) is 13.8. The molecule has 1 aliphatic heterocycles. The number of aromatic nitrogens is 3. The average molecular weight is 272 g/mol. The van der Waals surface area contributed by atoms with Crippen LogP contribution in [0.25, 0.3) is 0 Å². The van der Waals surface area contributed by atoms with Gasteiger partial charge in [0.15, 0.2) is 5.82 Å². The Kier molecular flexibility index (Phi) is 3.85. The molecule has 0 aliphatic carbocycles. The summed E-state index contributed by atoms with van der Waals surface area (Å²) in [5.41, 5.74) is 1.07. The number of benzene rings is 1. The lowest BCUT2D eigenvalue weighted by Gasteiger charge is -2.15. The molecule has 0 saturated carbocycles. The monoisotopic (exact) mass is 272 g/mol. The lowest BCUT2D eigenvalue weighted by molar-refractivity contribution is 0.340. The molecule has 1 aromatic carbocycles. The maximum atomic E-state index is 5.43. The van der Waals surface area contributed by atoms with Gasteiger partial charge in [0.05, 0.1) is 13.2 Å². The Morgan fingerprint density at radius 3 is 2.85 bits per heavy atom. The summed E-state index contributed by atoms with van der Waals surface area (Å²) in [4.78, 5) is 0. The van der Waals surface area contributed by atoms with Crippen molar-refractivity contribution >= 4 is 5.69 Å². The summed E-state index contributed by atoms with van der Waals surface area (Å²) in [7, 11) is 0. The minimum Gasteiger partial charge on any atom is -0.494 e. The number of nitrogens with one attached hydrogen (secondary N) is 1. The van der Waals surface area contributed by atoms with Crippen molar-refractivity contribution in [3.05, 3.63) is 35.9 Å². The third-order valence-corrected chi connectivity index (χ3v) is 3.55. The highest BCUT2D eigenvalue weighted by molar-refractivity contribution is 5.46. The van der Waals surface area contributed by atoms with Crippen molar-refractivity contribution in [2.24, 2.45) is 0 Å². The minimum absolute atomic E-state index is 0.693. The number of aryl methyl sites for hydroxylation is 1. The number of nitrogens with zero attached hydrogens (tertiary/aromatic N) is 3. The molecule has 106 valence electrons. The van der Waals surface area contributed by atoms with Crippen LogP contribution in [0.2, 0.25) is 0 Å². The smallest absolute Gasteiger partial charge is 0.152 e. The van der Waals surface area contributed by atoms with E-state index in [1.807, 2.05) is 31.2 Å². The van der Waals surface area contributed by atoms with E-state index in [0.29, 0.717) is 13.2 Å². The summed E-state index contributed by atoms with van der Waals surface area (Å²) in [6.45, 7) is 4.43. The highest BCUT2D eigenvalue weighted by atomic mass is 16.5. The first kappa shape index (κ1) is 13.0. The summed E-state index contributed by atoms with van der Waals surface area (Å²) >= 11 is 0. The summed E-state index contributed by atoms with van der Waals surface area (Å²) in [5, 5.41) is 11.9. The predicted octanol–water partition coefficient (Wildman–Crippen LogP) is 2.63. The SMILES string of the molecule is CCOc1ccc(NCc2nnc3n2CCCC3)cc1. The number of ether oxygens (including phenoxy) is 1. The molecule has 5 nitrogen and oxygen atoms in total. The number of rotatable bonds is 5. The molecule has 20 heavy (non-hydrogen) atoms. The molecule has 5 heteroatoms. The predicted molar refractivity (Wildman–Crippen MR) is 77.9 cm³/mol. The summed E-state index contributed by atoms with van der Waals surface area (Å²) in [6.07, 6.45) is 3.50. The third-order valence-electron chi connectivity index (χ3n) is 3.55. The van der Waals surface area contributed by atoms with Crippen LogP contribution in [0.4, 0.5) is 5.69 Å². The van der Waals surface area contributed by atoms with Crippen molar-refractivity contribution < 1.29 is 4.74 Å². The highest BCUT2D eigenvalue weighted by Gasteiger charge is 2.15. The fourth-order valence-corrected chi connectivity index (χ4v) is 2.52. The molecule has 0 radical (unpaired) electrons. The molecule has 0 unspecified atom stereocenters. The second kappa shape index (κ2) is 5.94. The van der Waals surface area contributed by atoms with Gasteiger partial charge in [0.1, 0.15) is 11.6 Å². The van der Waals surface area contributed by atoms with E-state index in [-0.39, 0.29) is 0 Å². The normalized spacial score (nSPS) is 13.8. The quantitative estimate of drug-likeness (QED) is 0.909. The second-order valence-corrected chi connectivity index (χ2v) is 4.95. The number of hydrogen-bond acceptors (Lipinski definition) is 4. The Morgan fingerprint density at radius 2 is 2.05 bits per heavy atom. The molecule has 0 spiro atoms. The number of hydrogen-bond donors (Lipinski definition) is 1. The maximum Gasteiger partial charge on any atom is 0.152 e. The summed E-state index contributed by atoms with van der Waals surface area (Å²) in [6, 6.07) is 8.01. The maximum absolute atomic E-state index is 5.43. The van der Waals surface area contributed by atoms with Gasteiger partial charge in [-0.3, -0.25) is 0 Å². The van der Waals surface area contributed by atoms with Crippen LogP contribution in [0.1, 0.15) is 31.4 Å². The largest absolute Gasteiger partial charge is 0.494 e. The van der Waals surface area contributed by atoms with Crippen LogP contribution < -0.4 is 10.1 Å². The third kappa shape index (κ3) is 2.76. The lowest BCUT2D eigenvalue weighted by atomic mass is 10.2. The van der Waals surface area contributed by atoms with E-state index in [2.05, 4.69) is 20.1 Å². The van der Waals surface area contributed by atoms with Crippen LogP contribution in [-0.4, -0.2) is 21.4 Å². The molecule has 2 aromatic rings. The van der Waals surface area contributed by atoms with Crippen LogP contribution >= 0.6 is 0 Å². The fourth-order valence-electron chi connectivity index (χ4n) is 2.52. The van der Waals surface area contributed by atoms with E-state index in [1.54, 1.807) is 0 Å². The average Bonchev–Trinajstić information content (AvgIpc) is 2.90. The number of anilines is 1. The highest BCUT2D eigenvalue weighted by Crippen LogP contribution is 2.18. The molecular weight excluding hydrogens is 252 g/mol. The lowest BCUT2D eigenvalue weighted by Crippen LogP contribution is -2.15. The van der Waals surface area contributed by atoms with Gasteiger partial charge in [-0.25, -0.2) is 0 Å². The van der Waals surface area contributed by atoms with Crippen molar-refractivity contribution in [3.8, 4) is 5.75 Å². The van der Waals surface area contributed by atoms with Gasteiger partial charge >= 0.3 is 0 Å². The van der Waals surface area contributed by atoms with Crippen LogP contribution in [0.3, 0.4) is 0 Å². The minimum atomic E-state index is 0.693. The molecule has 0 amide bonds. The van der Waals surface area contributed by atoms with E-state index >= 15 is 0 Å². The molecule has 3 rings (SSSR count). The van der Waals surface area contributed by atoms with Crippen LogP contribution in [-0.2, 0) is 19.5 Å². The van der Waals surface area contributed by atoms with Gasteiger partial charge in [-0.2, -0.15) is 0 Å². The second-order valence-electron chi connectivity index (χ2n) is 4.95. The molecule has 1 aliphatic rings. The molecule has 0 atom stereocenters. The molecule has 1 aromatic heterocycles. The first-order valence-electron chi connectivity index (χ1n) is 7.24.